The summed E-state index contributed by atoms with van der Waals surface area (Å²) in [5.74, 6) is 0. The minimum absolute atomic E-state index is 0.0318. The molecule has 0 bridgehead atoms. The highest BCUT2D eigenvalue weighted by molar-refractivity contribution is 5.13. The summed E-state index contributed by atoms with van der Waals surface area (Å²) >= 11 is 0. The van der Waals surface area contributed by atoms with Crippen molar-refractivity contribution >= 4 is 0 Å². The zero-order valence-electron chi connectivity index (χ0n) is 13.1. The van der Waals surface area contributed by atoms with Crippen molar-refractivity contribution in [2.45, 2.75) is 25.2 Å². The standard InChI is InChI=1S/C18H23NO3/c1-20-16(14-22-13-15-8-4-3-5-9-15)12-18(21-2)17-10-6-7-11-19-17/h3-11,16,18H,12-14H2,1-2H3/t16-,18?/m0/s1. The smallest absolute Gasteiger partial charge is 0.102 e. The summed E-state index contributed by atoms with van der Waals surface area (Å²) in [5, 5.41) is 0. The molecule has 118 valence electrons. The maximum absolute atomic E-state index is 5.75. The number of nitrogens with zero attached hydrogens (tertiary/aromatic N) is 1. The van der Waals surface area contributed by atoms with Crippen LogP contribution in [0.25, 0.3) is 0 Å². The van der Waals surface area contributed by atoms with Gasteiger partial charge in [0.05, 0.1) is 25.0 Å². The predicted octanol–water partition coefficient (Wildman–Crippen LogP) is 3.39. The van der Waals surface area contributed by atoms with Crippen molar-refractivity contribution in [1.82, 2.24) is 4.98 Å². The Hall–Kier alpha value is -1.75. The summed E-state index contributed by atoms with van der Waals surface area (Å²) in [6.07, 6.45) is 2.36. The molecule has 0 aliphatic rings. The lowest BCUT2D eigenvalue weighted by Gasteiger charge is -2.21. The Morgan fingerprint density at radius 1 is 0.955 bits per heavy atom. The van der Waals surface area contributed by atoms with Gasteiger partial charge in [-0.05, 0) is 17.7 Å². The van der Waals surface area contributed by atoms with Gasteiger partial charge in [0.2, 0.25) is 0 Å². The third-order valence-corrected chi connectivity index (χ3v) is 3.53. The third kappa shape index (κ3) is 5.22. The second-order valence-electron chi connectivity index (χ2n) is 5.07. The van der Waals surface area contributed by atoms with Crippen LogP contribution in [0, 0.1) is 0 Å². The number of methoxy groups -OCH3 is 2. The molecule has 1 aromatic heterocycles. The van der Waals surface area contributed by atoms with E-state index in [2.05, 4.69) is 4.98 Å². The molecule has 1 unspecified atom stereocenters. The van der Waals surface area contributed by atoms with Gasteiger partial charge in [-0.25, -0.2) is 0 Å². The fourth-order valence-electron chi connectivity index (χ4n) is 2.26. The lowest BCUT2D eigenvalue weighted by Crippen LogP contribution is -2.22. The molecule has 22 heavy (non-hydrogen) atoms. The van der Waals surface area contributed by atoms with Gasteiger partial charge in [0.25, 0.3) is 0 Å². The molecule has 0 saturated heterocycles. The average molecular weight is 301 g/mol. The first-order chi connectivity index (χ1) is 10.8. The molecule has 0 amide bonds. The zero-order chi connectivity index (χ0) is 15.6. The molecule has 0 aliphatic heterocycles. The van der Waals surface area contributed by atoms with Gasteiger partial charge in [-0.2, -0.15) is 0 Å². The van der Waals surface area contributed by atoms with Crippen molar-refractivity contribution in [3.05, 3.63) is 66.0 Å². The number of ether oxygens (including phenoxy) is 3. The van der Waals surface area contributed by atoms with Crippen molar-refractivity contribution in [3.8, 4) is 0 Å². The molecule has 1 heterocycles. The molecule has 1 aromatic carbocycles. The normalized spacial score (nSPS) is 13.7. The molecule has 2 rings (SSSR count). The van der Waals surface area contributed by atoms with Crippen molar-refractivity contribution in [1.29, 1.82) is 0 Å². The van der Waals surface area contributed by atoms with E-state index < -0.39 is 0 Å². The molecule has 4 heteroatoms. The maximum Gasteiger partial charge on any atom is 0.102 e. The number of hydrogen-bond acceptors (Lipinski definition) is 4. The summed E-state index contributed by atoms with van der Waals surface area (Å²) in [4.78, 5) is 4.34. The van der Waals surface area contributed by atoms with Crippen molar-refractivity contribution in [2.75, 3.05) is 20.8 Å². The predicted molar refractivity (Wildman–Crippen MR) is 85.5 cm³/mol. The first-order valence-corrected chi connectivity index (χ1v) is 7.41. The van der Waals surface area contributed by atoms with Gasteiger partial charge in [-0.15, -0.1) is 0 Å². The van der Waals surface area contributed by atoms with Gasteiger partial charge in [-0.3, -0.25) is 4.98 Å². The molecule has 2 aromatic rings. The quantitative estimate of drug-likeness (QED) is 0.712. The number of rotatable bonds is 9. The Kier molecular flexibility index (Phi) is 7.03. The van der Waals surface area contributed by atoms with Crippen LogP contribution in [0.15, 0.2) is 54.7 Å². The first-order valence-electron chi connectivity index (χ1n) is 7.41. The zero-order valence-corrected chi connectivity index (χ0v) is 13.1. The Morgan fingerprint density at radius 3 is 2.36 bits per heavy atom. The van der Waals surface area contributed by atoms with E-state index in [1.54, 1.807) is 20.4 Å². The fraction of sp³-hybridized carbons (Fsp3) is 0.389. The molecule has 0 saturated carbocycles. The van der Waals surface area contributed by atoms with Gasteiger partial charge in [0.1, 0.15) is 6.10 Å². The molecule has 0 spiro atoms. The van der Waals surface area contributed by atoms with Crippen molar-refractivity contribution in [3.63, 3.8) is 0 Å². The van der Waals surface area contributed by atoms with Crippen LogP contribution in [0.5, 0.6) is 0 Å². The Balaban J connectivity index is 1.83. The molecular formula is C18H23NO3. The van der Waals surface area contributed by atoms with E-state index in [9.17, 15) is 0 Å². The first kappa shape index (κ1) is 16.6. The number of hydrogen-bond donors (Lipinski definition) is 0. The molecule has 0 N–H and O–H groups in total. The minimum Gasteiger partial charge on any atom is -0.379 e. The van der Waals surface area contributed by atoms with Crippen LogP contribution in [-0.2, 0) is 20.8 Å². The number of benzene rings is 1. The summed E-state index contributed by atoms with van der Waals surface area (Å²) in [6, 6.07) is 15.9. The van der Waals surface area contributed by atoms with Crippen LogP contribution in [-0.4, -0.2) is 31.9 Å². The Morgan fingerprint density at radius 2 is 1.73 bits per heavy atom. The van der Waals surface area contributed by atoms with E-state index in [0.717, 1.165) is 11.3 Å². The largest absolute Gasteiger partial charge is 0.379 e. The van der Waals surface area contributed by atoms with E-state index in [1.807, 2.05) is 48.5 Å². The molecule has 0 fully saturated rings. The van der Waals surface area contributed by atoms with E-state index in [1.165, 1.54) is 0 Å². The average Bonchev–Trinajstić information content (AvgIpc) is 2.59. The molecule has 0 radical (unpaired) electrons. The molecule has 2 atom stereocenters. The summed E-state index contributed by atoms with van der Waals surface area (Å²) in [6.45, 7) is 1.11. The van der Waals surface area contributed by atoms with Gasteiger partial charge in [0.15, 0.2) is 0 Å². The summed E-state index contributed by atoms with van der Waals surface area (Å²) < 4.78 is 16.8. The second kappa shape index (κ2) is 9.30. The van der Waals surface area contributed by atoms with E-state index in [0.29, 0.717) is 19.6 Å². The number of aromatic nitrogens is 1. The Bertz CT molecular complexity index is 518. The topological polar surface area (TPSA) is 40.6 Å². The Labute approximate surface area is 132 Å². The van der Waals surface area contributed by atoms with Crippen LogP contribution in [0.3, 0.4) is 0 Å². The molecule has 4 nitrogen and oxygen atoms in total. The van der Waals surface area contributed by atoms with Crippen LogP contribution in [0.1, 0.15) is 23.8 Å². The van der Waals surface area contributed by atoms with Gasteiger partial charge in [-0.1, -0.05) is 36.4 Å². The van der Waals surface area contributed by atoms with Crippen LogP contribution < -0.4 is 0 Å². The summed E-state index contributed by atoms with van der Waals surface area (Å²) in [5.41, 5.74) is 2.07. The SMILES string of the molecule is COC(C[C@@H](COCc1ccccc1)OC)c1ccccn1. The van der Waals surface area contributed by atoms with Crippen LogP contribution >= 0.6 is 0 Å². The van der Waals surface area contributed by atoms with Gasteiger partial charge < -0.3 is 14.2 Å². The van der Waals surface area contributed by atoms with Crippen molar-refractivity contribution < 1.29 is 14.2 Å². The highest BCUT2D eigenvalue weighted by Gasteiger charge is 2.18. The van der Waals surface area contributed by atoms with Crippen molar-refractivity contribution in [2.24, 2.45) is 0 Å². The highest BCUT2D eigenvalue weighted by atomic mass is 16.5. The maximum atomic E-state index is 5.75. The van der Waals surface area contributed by atoms with Gasteiger partial charge in [0, 0.05) is 26.8 Å². The van der Waals surface area contributed by atoms with Gasteiger partial charge >= 0.3 is 0 Å². The lowest BCUT2D eigenvalue weighted by atomic mass is 10.1. The van der Waals surface area contributed by atoms with Crippen LogP contribution in [0.2, 0.25) is 0 Å². The fourth-order valence-corrected chi connectivity index (χ4v) is 2.26. The molecular weight excluding hydrogens is 278 g/mol. The minimum atomic E-state index is -0.0912. The highest BCUT2D eigenvalue weighted by Crippen LogP contribution is 2.21. The third-order valence-electron chi connectivity index (χ3n) is 3.53. The second-order valence-corrected chi connectivity index (χ2v) is 5.07. The van der Waals surface area contributed by atoms with E-state index in [4.69, 9.17) is 14.2 Å². The van der Waals surface area contributed by atoms with Crippen LogP contribution in [0.4, 0.5) is 0 Å². The molecule has 0 aliphatic carbocycles. The summed E-state index contributed by atoms with van der Waals surface area (Å²) in [7, 11) is 3.39. The lowest BCUT2D eigenvalue weighted by molar-refractivity contribution is -0.0325. The monoisotopic (exact) mass is 301 g/mol. The van der Waals surface area contributed by atoms with E-state index >= 15 is 0 Å². The number of pyridine rings is 1. The van der Waals surface area contributed by atoms with E-state index in [-0.39, 0.29) is 12.2 Å².